The zero-order valence-electron chi connectivity index (χ0n) is 20.7. The van der Waals surface area contributed by atoms with Crippen molar-refractivity contribution in [2.24, 2.45) is 0 Å². The second-order valence-electron chi connectivity index (χ2n) is 9.80. The van der Waals surface area contributed by atoms with Gasteiger partial charge in [-0.2, -0.15) is 0 Å². The van der Waals surface area contributed by atoms with Gasteiger partial charge in [0.25, 0.3) is 0 Å². The van der Waals surface area contributed by atoms with Crippen LogP contribution in [0.5, 0.6) is 0 Å². The second kappa shape index (κ2) is 8.06. The first-order chi connectivity index (χ1) is 19.1. The van der Waals surface area contributed by atoms with Crippen LogP contribution in [0.15, 0.2) is 131 Å². The topological polar surface area (TPSA) is 59.9 Å². The van der Waals surface area contributed by atoms with Gasteiger partial charge in [-0.1, -0.05) is 97.1 Å². The summed E-state index contributed by atoms with van der Waals surface area (Å²) in [6, 6.07) is 37.5. The number of aromatic nitrogens is 2. The molecule has 1 aliphatic heterocycles. The van der Waals surface area contributed by atoms with Crippen LogP contribution < -0.4 is 0 Å². The van der Waals surface area contributed by atoms with Gasteiger partial charge < -0.3 is 0 Å². The molecule has 0 saturated heterocycles. The van der Waals surface area contributed by atoms with Crippen molar-refractivity contribution in [2.75, 3.05) is 0 Å². The Morgan fingerprint density at radius 2 is 1.13 bits per heavy atom. The molecule has 5 aromatic carbocycles. The fourth-order valence-electron chi connectivity index (χ4n) is 5.92. The molecular weight excluding hydrogens is 500 g/mol. The lowest BCUT2D eigenvalue weighted by Crippen LogP contribution is -1.99. The smallest absolute Gasteiger partial charge is 0.208 e. The molecule has 0 spiro atoms. The maximum absolute atomic E-state index is 13.7. The van der Waals surface area contributed by atoms with E-state index in [4.69, 9.17) is 4.98 Å². The minimum atomic E-state index is -3.64. The molecule has 184 valence electrons. The average Bonchev–Trinajstić information content (AvgIpc) is 3.23. The molecule has 3 heterocycles. The van der Waals surface area contributed by atoms with Gasteiger partial charge in [-0.15, -0.1) is 0 Å². The van der Waals surface area contributed by atoms with E-state index in [-0.39, 0.29) is 0 Å². The quantitative estimate of drug-likeness (QED) is 0.216. The Labute approximate surface area is 225 Å². The molecule has 7 aromatic rings. The highest BCUT2D eigenvalue weighted by molar-refractivity contribution is 7.92. The Kier molecular flexibility index (Phi) is 4.58. The van der Waals surface area contributed by atoms with Crippen molar-refractivity contribution in [3.8, 4) is 33.5 Å². The van der Waals surface area contributed by atoms with E-state index in [1.807, 2.05) is 66.7 Å². The van der Waals surface area contributed by atoms with Crippen LogP contribution in [0, 0.1) is 0 Å². The number of pyridine rings is 2. The van der Waals surface area contributed by atoms with Gasteiger partial charge in [0.15, 0.2) is 0 Å². The van der Waals surface area contributed by atoms with Gasteiger partial charge in [0.1, 0.15) is 0 Å². The Balaban J connectivity index is 1.37. The summed E-state index contributed by atoms with van der Waals surface area (Å²) in [7, 11) is -3.64. The van der Waals surface area contributed by atoms with Crippen LogP contribution in [0.1, 0.15) is 0 Å². The standard InChI is InChI=1S/C34H20N2O2S/c37-39(38)31-13-4-3-10-27(31)29-12-5-11-28(34(29)39)25-17-18-26(24-9-2-1-8-23(24)25)30-19-16-22-15-14-21-7-6-20-35-32(21)33(22)36-30/h1-20H. The molecule has 0 N–H and O–H groups in total. The summed E-state index contributed by atoms with van der Waals surface area (Å²) in [5.74, 6) is 0. The number of sulfone groups is 1. The first kappa shape index (κ1) is 22.1. The van der Waals surface area contributed by atoms with E-state index >= 15 is 0 Å². The van der Waals surface area contributed by atoms with E-state index in [9.17, 15) is 8.42 Å². The van der Waals surface area contributed by atoms with Crippen molar-refractivity contribution in [1.82, 2.24) is 9.97 Å². The van der Waals surface area contributed by atoms with E-state index in [0.717, 1.165) is 60.5 Å². The van der Waals surface area contributed by atoms with Gasteiger partial charge in [-0.25, -0.2) is 13.4 Å². The predicted molar refractivity (Wildman–Crippen MR) is 156 cm³/mol. The van der Waals surface area contributed by atoms with E-state index in [0.29, 0.717) is 15.4 Å². The number of fused-ring (bicyclic) bond motifs is 7. The molecule has 4 nitrogen and oxygen atoms in total. The predicted octanol–water partition coefficient (Wildman–Crippen LogP) is 8.08. The van der Waals surface area contributed by atoms with Gasteiger partial charge in [0.05, 0.1) is 26.5 Å². The Bertz CT molecular complexity index is 2250. The van der Waals surface area contributed by atoms with Gasteiger partial charge in [0.2, 0.25) is 9.84 Å². The molecular formula is C34H20N2O2S. The van der Waals surface area contributed by atoms with Crippen molar-refractivity contribution in [2.45, 2.75) is 9.79 Å². The first-order valence-electron chi connectivity index (χ1n) is 12.8. The molecule has 5 heteroatoms. The summed E-state index contributed by atoms with van der Waals surface area (Å²) in [6.45, 7) is 0. The summed E-state index contributed by atoms with van der Waals surface area (Å²) >= 11 is 0. The van der Waals surface area contributed by atoms with Crippen LogP contribution in [-0.2, 0) is 9.84 Å². The number of hydrogen-bond acceptors (Lipinski definition) is 4. The Hall–Kier alpha value is -4.87. The van der Waals surface area contributed by atoms with Gasteiger partial charge >= 0.3 is 0 Å². The minimum absolute atomic E-state index is 0.370. The molecule has 0 amide bonds. The van der Waals surface area contributed by atoms with Gasteiger partial charge in [-0.05, 0) is 34.5 Å². The molecule has 0 atom stereocenters. The van der Waals surface area contributed by atoms with E-state index < -0.39 is 9.84 Å². The molecule has 0 fully saturated rings. The third-order valence-electron chi connectivity index (χ3n) is 7.67. The summed E-state index contributed by atoms with van der Waals surface area (Å²) in [5, 5.41) is 4.08. The minimum Gasteiger partial charge on any atom is -0.254 e. The highest BCUT2D eigenvalue weighted by Gasteiger charge is 2.35. The maximum atomic E-state index is 13.7. The molecule has 0 radical (unpaired) electrons. The molecule has 1 aliphatic rings. The largest absolute Gasteiger partial charge is 0.254 e. The molecule has 39 heavy (non-hydrogen) atoms. The molecule has 8 rings (SSSR count). The molecule has 0 saturated carbocycles. The normalized spacial score (nSPS) is 13.5. The second-order valence-corrected chi connectivity index (χ2v) is 11.7. The van der Waals surface area contributed by atoms with Crippen molar-refractivity contribution < 1.29 is 8.42 Å². The number of nitrogens with zero attached hydrogens (tertiary/aromatic N) is 2. The summed E-state index contributed by atoms with van der Waals surface area (Å²) in [6.07, 6.45) is 1.80. The molecule has 2 aromatic heterocycles. The first-order valence-corrected chi connectivity index (χ1v) is 14.2. The van der Waals surface area contributed by atoms with Crippen molar-refractivity contribution in [3.05, 3.63) is 121 Å². The van der Waals surface area contributed by atoms with Crippen LogP contribution in [0.3, 0.4) is 0 Å². The zero-order chi connectivity index (χ0) is 26.1. The summed E-state index contributed by atoms with van der Waals surface area (Å²) < 4.78 is 27.4. The van der Waals surface area contributed by atoms with Crippen molar-refractivity contribution in [3.63, 3.8) is 0 Å². The van der Waals surface area contributed by atoms with Crippen LogP contribution >= 0.6 is 0 Å². The number of benzene rings is 5. The monoisotopic (exact) mass is 520 g/mol. The fraction of sp³-hybridized carbons (Fsp3) is 0. The lowest BCUT2D eigenvalue weighted by molar-refractivity contribution is 0.599. The Morgan fingerprint density at radius 3 is 1.97 bits per heavy atom. The SMILES string of the molecule is O=S1(=O)c2ccccc2-c2cccc(-c3ccc(-c4ccc5ccc6cccnc6c5n4)c4ccccc34)c21. The van der Waals surface area contributed by atoms with Crippen LogP contribution in [0.4, 0.5) is 0 Å². The van der Waals surface area contributed by atoms with Gasteiger partial charge in [0, 0.05) is 39.2 Å². The number of hydrogen-bond donors (Lipinski definition) is 0. The lowest BCUT2D eigenvalue weighted by Gasteiger charge is -2.14. The van der Waals surface area contributed by atoms with Crippen molar-refractivity contribution in [1.29, 1.82) is 0 Å². The number of rotatable bonds is 2. The fourth-order valence-corrected chi connectivity index (χ4v) is 7.80. The maximum Gasteiger partial charge on any atom is 0.208 e. The zero-order valence-corrected chi connectivity index (χ0v) is 21.5. The highest BCUT2D eigenvalue weighted by atomic mass is 32.2. The van der Waals surface area contributed by atoms with Crippen LogP contribution in [0.2, 0.25) is 0 Å². The van der Waals surface area contributed by atoms with E-state index in [2.05, 4.69) is 41.4 Å². The molecule has 0 aliphatic carbocycles. The third kappa shape index (κ3) is 3.14. The molecule has 0 bridgehead atoms. The van der Waals surface area contributed by atoms with Crippen LogP contribution in [0.25, 0.3) is 66.1 Å². The molecule has 0 unspecified atom stereocenters. The van der Waals surface area contributed by atoms with Crippen LogP contribution in [-0.4, -0.2) is 18.4 Å². The average molecular weight is 521 g/mol. The third-order valence-corrected chi connectivity index (χ3v) is 9.59. The summed E-state index contributed by atoms with van der Waals surface area (Å²) in [5.41, 5.74) is 6.70. The van der Waals surface area contributed by atoms with Crippen molar-refractivity contribution >= 4 is 42.4 Å². The Morgan fingerprint density at radius 1 is 0.487 bits per heavy atom. The van der Waals surface area contributed by atoms with E-state index in [1.165, 1.54) is 0 Å². The highest BCUT2D eigenvalue weighted by Crippen LogP contribution is 2.48. The van der Waals surface area contributed by atoms with Gasteiger partial charge in [-0.3, -0.25) is 4.98 Å². The van der Waals surface area contributed by atoms with E-state index in [1.54, 1.807) is 18.3 Å². The lowest BCUT2D eigenvalue weighted by atomic mass is 9.92. The summed E-state index contributed by atoms with van der Waals surface area (Å²) in [4.78, 5) is 10.4.